The molecule has 0 aliphatic rings. The fourth-order valence-corrected chi connectivity index (χ4v) is 1.92. The number of pyridine rings is 1. The van der Waals surface area contributed by atoms with Crippen molar-refractivity contribution in [2.45, 2.75) is 13.5 Å². The zero-order valence-electron chi connectivity index (χ0n) is 8.80. The van der Waals surface area contributed by atoms with Crippen molar-refractivity contribution >= 4 is 17.2 Å². The molecule has 0 aliphatic heterocycles. The summed E-state index contributed by atoms with van der Waals surface area (Å²) in [6.07, 6.45) is 1.70. The number of carbonyl (C=O) groups is 1. The van der Waals surface area contributed by atoms with Crippen LogP contribution in [0.15, 0.2) is 29.8 Å². The van der Waals surface area contributed by atoms with E-state index < -0.39 is 0 Å². The SMILES string of the molecule is Cc1csc(C(=O)NCc2ccccn2)n1. The Morgan fingerprint density at radius 2 is 2.38 bits per heavy atom. The molecule has 2 aromatic heterocycles. The molecule has 5 heteroatoms. The van der Waals surface area contributed by atoms with Crippen LogP contribution in [0.1, 0.15) is 21.2 Å². The van der Waals surface area contributed by atoms with Crippen molar-refractivity contribution < 1.29 is 4.79 Å². The molecule has 1 amide bonds. The van der Waals surface area contributed by atoms with Gasteiger partial charge in [-0.1, -0.05) is 6.07 Å². The van der Waals surface area contributed by atoms with Crippen molar-refractivity contribution in [1.82, 2.24) is 15.3 Å². The van der Waals surface area contributed by atoms with Crippen LogP contribution in [0.4, 0.5) is 0 Å². The summed E-state index contributed by atoms with van der Waals surface area (Å²) in [4.78, 5) is 19.9. The summed E-state index contributed by atoms with van der Waals surface area (Å²) < 4.78 is 0. The van der Waals surface area contributed by atoms with E-state index >= 15 is 0 Å². The van der Waals surface area contributed by atoms with Gasteiger partial charge in [0.15, 0.2) is 5.01 Å². The zero-order valence-corrected chi connectivity index (χ0v) is 9.62. The van der Waals surface area contributed by atoms with E-state index in [0.29, 0.717) is 11.6 Å². The molecule has 0 unspecified atom stereocenters. The van der Waals surface area contributed by atoms with E-state index in [-0.39, 0.29) is 5.91 Å². The first-order valence-corrected chi connectivity index (χ1v) is 5.74. The van der Waals surface area contributed by atoms with Crippen LogP contribution in [-0.2, 0) is 6.54 Å². The first-order chi connectivity index (χ1) is 7.75. The molecule has 0 fully saturated rings. The minimum absolute atomic E-state index is 0.149. The fourth-order valence-electron chi connectivity index (χ4n) is 1.21. The monoisotopic (exact) mass is 233 g/mol. The number of thiazole rings is 1. The summed E-state index contributed by atoms with van der Waals surface area (Å²) in [7, 11) is 0. The zero-order chi connectivity index (χ0) is 11.4. The van der Waals surface area contributed by atoms with E-state index in [2.05, 4.69) is 15.3 Å². The maximum Gasteiger partial charge on any atom is 0.280 e. The van der Waals surface area contributed by atoms with Crippen LogP contribution in [0.2, 0.25) is 0 Å². The molecular weight excluding hydrogens is 222 g/mol. The Balaban J connectivity index is 1.94. The third-order valence-electron chi connectivity index (χ3n) is 1.97. The van der Waals surface area contributed by atoms with Gasteiger partial charge in [-0.25, -0.2) is 4.98 Å². The largest absolute Gasteiger partial charge is 0.344 e. The lowest BCUT2D eigenvalue weighted by Gasteiger charge is -2.01. The summed E-state index contributed by atoms with van der Waals surface area (Å²) in [5.74, 6) is -0.149. The summed E-state index contributed by atoms with van der Waals surface area (Å²) in [5, 5.41) is 5.13. The standard InChI is InChI=1S/C11H11N3OS/c1-8-7-16-11(14-8)10(15)13-6-9-4-2-3-5-12-9/h2-5,7H,6H2,1H3,(H,13,15). The average Bonchev–Trinajstić information content (AvgIpc) is 2.74. The number of amides is 1. The Hall–Kier alpha value is -1.75. The Labute approximate surface area is 97.4 Å². The van der Waals surface area contributed by atoms with Gasteiger partial charge in [0.25, 0.3) is 5.91 Å². The molecule has 2 rings (SSSR count). The predicted octanol–water partition coefficient (Wildman–Crippen LogP) is 1.78. The normalized spacial score (nSPS) is 10.1. The van der Waals surface area contributed by atoms with Crippen LogP contribution in [0.25, 0.3) is 0 Å². The minimum atomic E-state index is -0.149. The highest BCUT2D eigenvalue weighted by atomic mass is 32.1. The number of aryl methyl sites for hydroxylation is 1. The fraction of sp³-hybridized carbons (Fsp3) is 0.182. The molecule has 82 valence electrons. The molecular formula is C11H11N3OS. The van der Waals surface area contributed by atoms with Gasteiger partial charge in [-0.15, -0.1) is 11.3 Å². The van der Waals surface area contributed by atoms with Gasteiger partial charge in [0.05, 0.1) is 12.2 Å². The van der Waals surface area contributed by atoms with E-state index in [1.165, 1.54) is 11.3 Å². The molecule has 0 bridgehead atoms. The molecule has 2 heterocycles. The van der Waals surface area contributed by atoms with Crippen LogP contribution in [-0.4, -0.2) is 15.9 Å². The second-order valence-corrected chi connectivity index (χ2v) is 4.16. The van der Waals surface area contributed by atoms with Gasteiger partial charge in [0.2, 0.25) is 0 Å². The van der Waals surface area contributed by atoms with Gasteiger partial charge in [0.1, 0.15) is 0 Å². The number of carbonyl (C=O) groups excluding carboxylic acids is 1. The highest BCUT2D eigenvalue weighted by Gasteiger charge is 2.08. The molecule has 16 heavy (non-hydrogen) atoms. The third kappa shape index (κ3) is 2.64. The minimum Gasteiger partial charge on any atom is -0.344 e. The molecule has 0 aromatic carbocycles. The molecule has 0 atom stereocenters. The molecule has 4 nitrogen and oxygen atoms in total. The van der Waals surface area contributed by atoms with E-state index in [1.807, 2.05) is 30.5 Å². The second kappa shape index (κ2) is 4.85. The van der Waals surface area contributed by atoms with Gasteiger partial charge < -0.3 is 5.32 Å². The molecule has 2 aromatic rings. The van der Waals surface area contributed by atoms with Gasteiger partial charge in [0, 0.05) is 17.3 Å². The van der Waals surface area contributed by atoms with Crippen LogP contribution in [0, 0.1) is 6.92 Å². The first-order valence-electron chi connectivity index (χ1n) is 4.86. The van der Waals surface area contributed by atoms with Crippen molar-refractivity contribution in [3.8, 4) is 0 Å². The number of aromatic nitrogens is 2. The number of hydrogen-bond donors (Lipinski definition) is 1. The van der Waals surface area contributed by atoms with Crippen molar-refractivity contribution in [3.05, 3.63) is 46.2 Å². The average molecular weight is 233 g/mol. The molecule has 1 N–H and O–H groups in total. The van der Waals surface area contributed by atoms with Crippen molar-refractivity contribution in [2.24, 2.45) is 0 Å². The number of nitrogens with zero attached hydrogens (tertiary/aromatic N) is 2. The number of rotatable bonds is 3. The lowest BCUT2D eigenvalue weighted by molar-refractivity contribution is 0.0950. The van der Waals surface area contributed by atoms with Crippen LogP contribution < -0.4 is 5.32 Å². The lowest BCUT2D eigenvalue weighted by atomic mass is 10.3. The van der Waals surface area contributed by atoms with E-state index in [9.17, 15) is 4.79 Å². The quantitative estimate of drug-likeness (QED) is 0.879. The van der Waals surface area contributed by atoms with E-state index in [4.69, 9.17) is 0 Å². The van der Waals surface area contributed by atoms with Crippen LogP contribution in [0.5, 0.6) is 0 Å². The van der Waals surface area contributed by atoms with Crippen molar-refractivity contribution in [2.75, 3.05) is 0 Å². The Bertz CT molecular complexity index is 481. The molecule has 0 radical (unpaired) electrons. The number of nitrogens with one attached hydrogen (secondary N) is 1. The summed E-state index contributed by atoms with van der Waals surface area (Å²) in [6.45, 7) is 2.30. The smallest absolute Gasteiger partial charge is 0.280 e. The topological polar surface area (TPSA) is 54.9 Å². The van der Waals surface area contributed by atoms with Crippen molar-refractivity contribution in [3.63, 3.8) is 0 Å². The first kappa shape index (κ1) is 10.8. The lowest BCUT2D eigenvalue weighted by Crippen LogP contribution is -2.23. The summed E-state index contributed by atoms with van der Waals surface area (Å²) in [5.41, 5.74) is 1.71. The number of hydrogen-bond acceptors (Lipinski definition) is 4. The maximum atomic E-state index is 11.6. The summed E-state index contributed by atoms with van der Waals surface area (Å²) >= 11 is 1.35. The molecule has 0 saturated heterocycles. The predicted molar refractivity (Wildman–Crippen MR) is 62.3 cm³/mol. The Morgan fingerprint density at radius 1 is 1.50 bits per heavy atom. The van der Waals surface area contributed by atoms with Crippen LogP contribution in [0.3, 0.4) is 0 Å². The highest BCUT2D eigenvalue weighted by molar-refractivity contribution is 7.11. The van der Waals surface area contributed by atoms with Gasteiger partial charge in [-0.3, -0.25) is 9.78 Å². The van der Waals surface area contributed by atoms with Gasteiger partial charge in [-0.05, 0) is 19.1 Å². The Kier molecular flexibility index (Phi) is 3.26. The Morgan fingerprint density at radius 3 is 3.00 bits per heavy atom. The molecule has 0 aliphatic carbocycles. The van der Waals surface area contributed by atoms with Crippen LogP contribution >= 0.6 is 11.3 Å². The van der Waals surface area contributed by atoms with E-state index in [0.717, 1.165) is 11.4 Å². The van der Waals surface area contributed by atoms with Gasteiger partial charge in [-0.2, -0.15) is 0 Å². The third-order valence-corrected chi connectivity index (χ3v) is 2.93. The maximum absolute atomic E-state index is 11.6. The van der Waals surface area contributed by atoms with E-state index in [1.54, 1.807) is 6.20 Å². The second-order valence-electron chi connectivity index (χ2n) is 3.30. The highest BCUT2D eigenvalue weighted by Crippen LogP contribution is 2.08. The van der Waals surface area contributed by atoms with Crippen molar-refractivity contribution in [1.29, 1.82) is 0 Å². The molecule has 0 saturated carbocycles. The molecule has 0 spiro atoms. The summed E-state index contributed by atoms with van der Waals surface area (Å²) in [6, 6.07) is 5.60. The van der Waals surface area contributed by atoms with Gasteiger partial charge >= 0.3 is 0 Å².